The molecule has 7 heteroatoms. The first-order valence-corrected chi connectivity index (χ1v) is 7.84. The number of nitrogens with one attached hydrogen (secondary N) is 1. The van der Waals surface area contributed by atoms with Gasteiger partial charge in [-0.2, -0.15) is 0 Å². The minimum absolute atomic E-state index is 0.0151. The molecule has 0 saturated carbocycles. The van der Waals surface area contributed by atoms with Crippen molar-refractivity contribution in [2.24, 2.45) is 0 Å². The zero-order valence-electron chi connectivity index (χ0n) is 11.4. The maximum atomic E-state index is 12.1. The van der Waals surface area contributed by atoms with E-state index in [9.17, 15) is 9.59 Å². The first-order valence-electron chi connectivity index (χ1n) is 6.23. The first-order chi connectivity index (χ1) is 10.1. The second kappa shape index (κ2) is 7.33. The molecule has 0 saturated heterocycles. The molecule has 0 atom stereocenters. The van der Waals surface area contributed by atoms with E-state index in [-0.39, 0.29) is 18.4 Å². The summed E-state index contributed by atoms with van der Waals surface area (Å²) < 4.78 is 0.888. The molecular weight excluding hydrogens is 354 g/mol. The van der Waals surface area contributed by atoms with E-state index >= 15 is 0 Å². The maximum Gasteiger partial charge on any atom is 0.264 e. The first kappa shape index (κ1) is 15.7. The number of aromatic nitrogens is 1. The van der Waals surface area contributed by atoms with E-state index in [4.69, 9.17) is 0 Å². The fourth-order valence-electron chi connectivity index (χ4n) is 1.65. The van der Waals surface area contributed by atoms with Crippen molar-refractivity contribution in [3.63, 3.8) is 0 Å². The van der Waals surface area contributed by atoms with Crippen molar-refractivity contribution in [1.29, 1.82) is 0 Å². The molecule has 110 valence electrons. The van der Waals surface area contributed by atoms with Crippen LogP contribution in [0.2, 0.25) is 0 Å². The van der Waals surface area contributed by atoms with Crippen LogP contribution in [0.3, 0.4) is 0 Å². The third-order valence-corrected chi connectivity index (χ3v) is 4.32. The second-order valence-corrected chi connectivity index (χ2v) is 6.83. The molecule has 0 bridgehead atoms. The highest BCUT2D eigenvalue weighted by molar-refractivity contribution is 9.11. The fourth-order valence-corrected chi connectivity index (χ4v) is 3.03. The molecule has 0 unspecified atom stereocenters. The van der Waals surface area contributed by atoms with E-state index in [0.29, 0.717) is 11.4 Å². The van der Waals surface area contributed by atoms with Gasteiger partial charge in [0.1, 0.15) is 0 Å². The number of halogens is 1. The lowest BCUT2D eigenvalue weighted by molar-refractivity contribution is -0.121. The van der Waals surface area contributed by atoms with Crippen LogP contribution in [0.4, 0.5) is 0 Å². The van der Waals surface area contributed by atoms with E-state index in [1.807, 2.05) is 24.3 Å². The Labute approximate surface area is 135 Å². The highest BCUT2D eigenvalue weighted by Gasteiger charge is 2.16. The molecular formula is C14H14BrN3O2S. The Morgan fingerprint density at radius 3 is 2.76 bits per heavy atom. The zero-order chi connectivity index (χ0) is 15.2. The van der Waals surface area contributed by atoms with E-state index in [2.05, 4.69) is 26.2 Å². The van der Waals surface area contributed by atoms with Gasteiger partial charge in [-0.1, -0.05) is 6.07 Å². The summed E-state index contributed by atoms with van der Waals surface area (Å²) in [6.45, 7) is 0.368. The standard InChI is InChI=1S/C14H14BrN3O2S/c1-18(14(20)11-5-6-12(15)21-11)9-13(19)17-8-10-4-2-3-7-16-10/h2-7H,8-9H2,1H3,(H,17,19). The van der Waals surface area contributed by atoms with E-state index in [1.165, 1.54) is 16.2 Å². The number of carbonyl (C=O) groups is 2. The largest absolute Gasteiger partial charge is 0.349 e. The van der Waals surface area contributed by atoms with Crippen molar-refractivity contribution in [1.82, 2.24) is 15.2 Å². The van der Waals surface area contributed by atoms with Crippen LogP contribution in [0.1, 0.15) is 15.4 Å². The molecule has 2 amide bonds. The average Bonchev–Trinajstić information content (AvgIpc) is 2.92. The molecule has 0 aliphatic heterocycles. The Hall–Kier alpha value is -1.73. The molecule has 0 aliphatic carbocycles. The lowest BCUT2D eigenvalue weighted by Gasteiger charge is -2.15. The van der Waals surface area contributed by atoms with Crippen molar-refractivity contribution in [3.8, 4) is 0 Å². The van der Waals surface area contributed by atoms with Crippen LogP contribution in [0.15, 0.2) is 40.3 Å². The Bertz CT molecular complexity index is 630. The summed E-state index contributed by atoms with van der Waals surface area (Å²) in [5.74, 6) is -0.384. The Balaban J connectivity index is 1.83. The Morgan fingerprint density at radius 1 is 1.33 bits per heavy atom. The number of carbonyl (C=O) groups excluding carboxylic acids is 2. The third-order valence-electron chi connectivity index (χ3n) is 2.70. The summed E-state index contributed by atoms with van der Waals surface area (Å²) in [5, 5.41) is 2.74. The lowest BCUT2D eigenvalue weighted by atomic mass is 10.3. The Morgan fingerprint density at radius 2 is 2.14 bits per heavy atom. The van der Waals surface area contributed by atoms with Crippen molar-refractivity contribution in [2.75, 3.05) is 13.6 Å². The molecule has 1 N–H and O–H groups in total. The summed E-state index contributed by atoms with van der Waals surface area (Å²) in [7, 11) is 1.61. The van der Waals surface area contributed by atoms with E-state index in [1.54, 1.807) is 19.3 Å². The normalized spacial score (nSPS) is 10.2. The topological polar surface area (TPSA) is 62.3 Å². The summed E-state index contributed by atoms with van der Waals surface area (Å²) in [6.07, 6.45) is 1.67. The maximum absolute atomic E-state index is 12.1. The summed E-state index contributed by atoms with van der Waals surface area (Å²) >= 11 is 4.66. The molecule has 2 aromatic rings. The van der Waals surface area contributed by atoms with Crippen molar-refractivity contribution in [3.05, 3.63) is 50.9 Å². The minimum Gasteiger partial charge on any atom is -0.349 e. The molecule has 0 fully saturated rings. The number of hydrogen-bond acceptors (Lipinski definition) is 4. The van der Waals surface area contributed by atoms with Crippen molar-refractivity contribution in [2.45, 2.75) is 6.54 Å². The molecule has 2 rings (SSSR count). The summed E-state index contributed by atoms with van der Waals surface area (Å²) in [6, 6.07) is 9.06. The van der Waals surface area contributed by atoms with Crippen LogP contribution in [-0.4, -0.2) is 35.3 Å². The van der Waals surface area contributed by atoms with Crippen molar-refractivity contribution >= 4 is 39.1 Å². The number of pyridine rings is 1. The van der Waals surface area contributed by atoms with Gasteiger partial charge < -0.3 is 10.2 Å². The van der Waals surface area contributed by atoms with Gasteiger partial charge in [0.05, 0.1) is 27.4 Å². The molecule has 0 aliphatic rings. The van der Waals surface area contributed by atoms with Gasteiger partial charge in [0.25, 0.3) is 5.91 Å². The molecule has 0 aromatic carbocycles. The van der Waals surface area contributed by atoms with Crippen LogP contribution in [0.5, 0.6) is 0 Å². The summed E-state index contributed by atoms with van der Waals surface area (Å²) in [5.41, 5.74) is 0.780. The molecule has 0 radical (unpaired) electrons. The molecule has 5 nitrogen and oxygen atoms in total. The monoisotopic (exact) mass is 367 g/mol. The molecule has 21 heavy (non-hydrogen) atoms. The number of thiophene rings is 1. The number of likely N-dealkylation sites (N-methyl/N-ethyl adjacent to an activating group) is 1. The quantitative estimate of drug-likeness (QED) is 0.881. The molecule has 2 aromatic heterocycles. The van der Waals surface area contributed by atoms with Crippen molar-refractivity contribution < 1.29 is 9.59 Å². The number of nitrogens with zero attached hydrogens (tertiary/aromatic N) is 2. The van der Waals surface area contributed by atoms with Gasteiger partial charge in [0.15, 0.2) is 0 Å². The van der Waals surface area contributed by atoms with Crippen LogP contribution in [0, 0.1) is 0 Å². The van der Waals surface area contributed by atoms with Crippen LogP contribution < -0.4 is 5.32 Å². The lowest BCUT2D eigenvalue weighted by Crippen LogP contribution is -2.37. The van der Waals surface area contributed by atoms with E-state index in [0.717, 1.165) is 9.48 Å². The smallest absolute Gasteiger partial charge is 0.264 e. The van der Waals surface area contributed by atoms with Gasteiger partial charge >= 0.3 is 0 Å². The van der Waals surface area contributed by atoms with Gasteiger partial charge in [-0.05, 0) is 40.2 Å². The second-order valence-electron chi connectivity index (χ2n) is 4.36. The van der Waals surface area contributed by atoms with Crippen LogP contribution >= 0.6 is 27.3 Å². The predicted molar refractivity (Wildman–Crippen MR) is 85.1 cm³/mol. The summed E-state index contributed by atoms with van der Waals surface area (Å²) in [4.78, 5) is 30.0. The fraction of sp³-hybridized carbons (Fsp3) is 0.214. The predicted octanol–water partition coefficient (Wildman–Crippen LogP) is 2.29. The van der Waals surface area contributed by atoms with Crippen LogP contribution in [0.25, 0.3) is 0 Å². The molecule has 0 spiro atoms. The number of rotatable bonds is 5. The highest BCUT2D eigenvalue weighted by atomic mass is 79.9. The SMILES string of the molecule is CN(CC(=O)NCc1ccccn1)C(=O)c1ccc(Br)s1. The van der Waals surface area contributed by atoms with Gasteiger partial charge in [0, 0.05) is 13.2 Å². The van der Waals surface area contributed by atoms with Crippen LogP contribution in [-0.2, 0) is 11.3 Å². The average molecular weight is 368 g/mol. The van der Waals surface area contributed by atoms with E-state index < -0.39 is 0 Å². The molecule has 2 heterocycles. The van der Waals surface area contributed by atoms with Gasteiger partial charge in [0.2, 0.25) is 5.91 Å². The van der Waals surface area contributed by atoms with Gasteiger partial charge in [-0.25, -0.2) is 0 Å². The van der Waals surface area contributed by atoms with Gasteiger partial charge in [-0.3, -0.25) is 14.6 Å². The number of amides is 2. The third kappa shape index (κ3) is 4.64. The number of hydrogen-bond donors (Lipinski definition) is 1. The minimum atomic E-state index is -0.216. The highest BCUT2D eigenvalue weighted by Crippen LogP contribution is 2.22. The zero-order valence-corrected chi connectivity index (χ0v) is 13.8. The van der Waals surface area contributed by atoms with Gasteiger partial charge in [-0.15, -0.1) is 11.3 Å². The Kier molecular flexibility index (Phi) is 5.46.